The van der Waals surface area contributed by atoms with Crippen LogP contribution in [0.25, 0.3) is 0 Å². The molecule has 1 N–H and O–H groups in total. The predicted molar refractivity (Wildman–Crippen MR) is 105 cm³/mol. The molecule has 5 nitrogen and oxygen atoms in total. The molecule has 1 fully saturated rings. The van der Waals surface area contributed by atoms with E-state index in [1.165, 1.54) is 0 Å². The van der Waals surface area contributed by atoms with Gasteiger partial charge in [-0.2, -0.15) is 0 Å². The van der Waals surface area contributed by atoms with Crippen LogP contribution in [0.3, 0.4) is 0 Å². The van der Waals surface area contributed by atoms with E-state index in [0.29, 0.717) is 23.6 Å². The largest absolute Gasteiger partial charge is 0.493 e. The van der Waals surface area contributed by atoms with Gasteiger partial charge in [0.25, 0.3) is 0 Å². The van der Waals surface area contributed by atoms with Crippen molar-refractivity contribution < 1.29 is 14.2 Å². The maximum Gasteiger partial charge on any atom is 0.161 e. The second kappa shape index (κ2) is 10.6. The molecule has 2 aromatic rings. The summed E-state index contributed by atoms with van der Waals surface area (Å²) in [7, 11) is 1.65. The van der Waals surface area contributed by atoms with E-state index in [1.807, 2.05) is 24.3 Å². The van der Waals surface area contributed by atoms with Crippen LogP contribution in [-0.2, 0) is 17.9 Å². The predicted octanol–water partition coefficient (Wildman–Crippen LogP) is 4.01. The summed E-state index contributed by atoms with van der Waals surface area (Å²) in [6, 6.07) is 9.62. The van der Waals surface area contributed by atoms with Gasteiger partial charge in [0.1, 0.15) is 11.8 Å². The molecule has 142 valence electrons. The Morgan fingerprint density at radius 3 is 2.77 bits per heavy atom. The topological polar surface area (TPSA) is 52.6 Å². The van der Waals surface area contributed by atoms with Gasteiger partial charge in [0, 0.05) is 31.5 Å². The number of hydrogen-bond acceptors (Lipinski definition) is 5. The number of benzene rings is 1. The highest BCUT2D eigenvalue weighted by Gasteiger charge is 2.14. The third kappa shape index (κ3) is 6.02. The molecule has 0 amide bonds. The fraction of sp³-hybridized carbons (Fsp3) is 0.421. The van der Waals surface area contributed by atoms with E-state index in [9.17, 15) is 0 Å². The van der Waals surface area contributed by atoms with Gasteiger partial charge in [0.2, 0.25) is 0 Å². The molecular weight excluding hydrogens is 375 g/mol. The molecule has 26 heavy (non-hydrogen) atoms. The summed E-state index contributed by atoms with van der Waals surface area (Å²) >= 11 is 5.79. The Bertz CT molecular complexity index is 677. The lowest BCUT2D eigenvalue weighted by molar-refractivity contribution is 0.110. The molecule has 3 rings (SSSR count). The number of aromatic nitrogens is 1. The van der Waals surface area contributed by atoms with Gasteiger partial charge in [-0.3, -0.25) is 0 Å². The van der Waals surface area contributed by atoms with Crippen molar-refractivity contribution in [3.05, 3.63) is 52.8 Å². The first kappa shape index (κ1) is 20.8. The average molecular weight is 399 g/mol. The van der Waals surface area contributed by atoms with Crippen LogP contribution < -0.4 is 14.8 Å². The summed E-state index contributed by atoms with van der Waals surface area (Å²) in [6.07, 6.45) is 4.36. The zero-order valence-electron chi connectivity index (χ0n) is 14.7. The Hall–Kier alpha value is -1.53. The van der Waals surface area contributed by atoms with Crippen molar-refractivity contribution in [1.82, 2.24) is 10.3 Å². The van der Waals surface area contributed by atoms with Crippen molar-refractivity contribution in [2.75, 3.05) is 20.3 Å². The minimum atomic E-state index is 0. The van der Waals surface area contributed by atoms with Crippen molar-refractivity contribution in [3.8, 4) is 11.5 Å². The molecule has 1 aliphatic heterocycles. The van der Waals surface area contributed by atoms with Gasteiger partial charge in [-0.05, 0) is 36.6 Å². The molecule has 1 atom stereocenters. The lowest BCUT2D eigenvalue weighted by atomic mass is 10.2. The van der Waals surface area contributed by atoms with Crippen LogP contribution in [0.15, 0.2) is 36.5 Å². The second-order valence-corrected chi connectivity index (χ2v) is 6.42. The SMILES string of the molecule is COc1cc(CNCC2CCCO2)ccc1OCc1ccc(Cl)nc1.Cl. The van der Waals surface area contributed by atoms with E-state index in [0.717, 1.165) is 49.4 Å². The Morgan fingerprint density at radius 1 is 1.23 bits per heavy atom. The van der Waals surface area contributed by atoms with Crippen LogP contribution in [-0.4, -0.2) is 31.3 Å². The fourth-order valence-electron chi connectivity index (χ4n) is 2.78. The number of halogens is 2. The molecule has 1 aromatic heterocycles. The fourth-order valence-corrected chi connectivity index (χ4v) is 2.89. The molecular formula is C19H24Cl2N2O3. The molecule has 0 radical (unpaired) electrons. The van der Waals surface area contributed by atoms with E-state index >= 15 is 0 Å². The summed E-state index contributed by atoms with van der Waals surface area (Å²) in [5, 5.41) is 3.91. The van der Waals surface area contributed by atoms with Crippen molar-refractivity contribution in [3.63, 3.8) is 0 Å². The monoisotopic (exact) mass is 398 g/mol. The van der Waals surface area contributed by atoms with Gasteiger partial charge in [0.05, 0.1) is 13.2 Å². The molecule has 2 heterocycles. The second-order valence-electron chi connectivity index (χ2n) is 6.03. The number of hydrogen-bond donors (Lipinski definition) is 1. The summed E-state index contributed by atoms with van der Waals surface area (Å²) in [6.45, 7) is 2.95. The number of nitrogens with one attached hydrogen (secondary N) is 1. The molecule has 1 unspecified atom stereocenters. The molecule has 1 saturated heterocycles. The molecule has 7 heteroatoms. The number of rotatable bonds is 8. The summed E-state index contributed by atoms with van der Waals surface area (Å²) in [5.74, 6) is 1.43. The van der Waals surface area contributed by atoms with Crippen molar-refractivity contribution in [2.24, 2.45) is 0 Å². The zero-order chi connectivity index (χ0) is 17.5. The molecule has 0 spiro atoms. The molecule has 0 bridgehead atoms. The smallest absolute Gasteiger partial charge is 0.161 e. The van der Waals surface area contributed by atoms with Crippen molar-refractivity contribution in [2.45, 2.75) is 32.1 Å². The molecule has 0 aliphatic carbocycles. The van der Waals surface area contributed by atoms with Gasteiger partial charge in [0.15, 0.2) is 11.5 Å². The van der Waals surface area contributed by atoms with Crippen LogP contribution >= 0.6 is 24.0 Å². The number of methoxy groups -OCH3 is 1. The van der Waals surface area contributed by atoms with E-state index in [1.54, 1.807) is 19.4 Å². The normalized spacial score (nSPS) is 16.2. The van der Waals surface area contributed by atoms with Crippen LogP contribution in [0.5, 0.6) is 11.5 Å². The molecule has 0 saturated carbocycles. The Morgan fingerprint density at radius 2 is 2.08 bits per heavy atom. The van der Waals surface area contributed by atoms with Gasteiger partial charge in [-0.1, -0.05) is 23.7 Å². The van der Waals surface area contributed by atoms with E-state index in [4.69, 9.17) is 25.8 Å². The van der Waals surface area contributed by atoms with Gasteiger partial charge in [-0.15, -0.1) is 12.4 Å². The Balaban J connectivity index is 0.00000243. The third-order valence-electron chi connectivity index (χ3n) is 4.14. The lowest BCUT2D eigenvalue weighted by Crippen LogP contribution is -2.25. The zero-order valence-corrected chi connectivity index (χ0v) is 16.3. The highest BCUT2D eigenvalue weighted by Crippen LogP contribution is 2.29. The number of ether oxygens (including phenoxy) is 3. The lowest BCUT2D eigenvalue weighted by Gasteiger charge is -2.14. The quantitative estimate of drug-likeness (QED) is 0.680. The van der Waals surface area contributed by atoms with Crippen molar-refractivity contribution >= 4 is 24.0 Å². The van der Waals surface area contributed by atoms with Gasteiger partial charge < -0.3 is 19.5 Å². The molecule has 1 aliphatic rings. The van der Waals surface area contributed by atoms with E-state index < -0.39 is 0 Å². The van der Waals surface area contributed by atoms with Gasteiger partial charge in [-0.25, -0.2) is 4.98 Å². The van der Waals surface area contributed by atoms with E-state index in [-0.39, 0.29) is 12.4 Å². The first-order valence-corrected chi connectivity index (χ1v) is 8.85. The van der Waals surface area contributed by atoms with Crippen LogP contribution in [0.4, 0.5) is 0 Å². The summed E-state index contributed by atoms with van der Waals surface area (Å²) in [4.78, 5) is 4.05. The standard InChI is InChI=1S/C19H23ClN2O3.ClH/c1-23-18-9-14(10-21-12-16-3-2-8-24-16)4-6-17(18)25-13-15-5-7-19(20)22-11-15;/h4-7,9,11,16,21H,2-3,8,10,12-13H2,1H3;1H. The van der Waals surface area contributed by atoms with Crippen LogP contribution in [0.1, 0.15) is 24.0 Å². The van der Waals surface area contributed by atoms with Gasteiger partial charge >= 0.3 is 0 Å². The van der Waals surface area contributed by atoms with Crippen LogP contribution in [0, 0.1) is 0 Å². The number of nitrogens with zero attached hydrogens (tertiary/aromatic N) is 1. The number of pyridine rings is 1. The first-order valence-electron chi connectivity index (χ1n) is 8.47. The van der Waals surface area contributed by atoms with Crippen LogP contribution in [0.2, 0.25) is 5.15 Å². The maximum atomic E-state index is 5.85. The highest BCUT2D eigenvalue weighted by molar-refractivity contribution is 6.29. The minimum Gasteiger partial charge on any atom is -0.493 e. The Labute approximate surface area is 165 Å². The first-order chi connectivity index (χ1) is 12.2. The van der Waals surface area contributed by atoms with E-state index in [2.05, 4.69) is 10.3 Å². The summed E-state index contributed by atoms with van der Waals surface area (Å²) < 4.78 is 16.9. The third-order valence-corrected chi connectivity index (χ3v) is 4.36. The maximum absolute atomic E-state index is 5.85. The highest BCUT2D eigenvalue weighted by atomic mass is 35.5. The van der Waals surface area contributed by atoms with Crippen molar-refractivity contribution in [1.29, 1.82) is 0 Å². The minimum absolute atomic E-state index is 0. The average Bonchev–Trinajstić information content (AvgIpc) is 3.15. The molecule has 1 aromatic carbocycles. The Kier molecular flexibility index (Phi) is 8.45. The summed E-state index contributed by atoms with van der Waals surface area (Å²) in [5.41, 5.74) is 2.10.